The summed E-state index contributed by atoms with van der Waals surface area (Å²) in [5, 5.41) is 10.9. The monoisotopic (exact) mass is 274 g/mol. The lowest BCUT2D eigenvalue weighted by Crippen LogP contribution is -2.31. The maximum Gasteiger partial charge on any atom is 0.323 e. The molecule has 0 fully saturated rings. The smallest absolute Gasteiger partial charge is 0.323 e. The lowest BCUT2D eigenvalue weighted by Gasteiger charge is -2.22. The third-order valence-electron chi connectivity index (χ3n) is 3.08. The minimum absolute atomic E-state index is 0.0584. The number of methoxy groups -OCH3 is 1. The van der Waals surface area contributed by atoms with Crippen molar-refractivity contribution >= 4 is 22.6 Å². The second-order valence-corrected chi connectivity index (χ2v) is 4.51. The number of carbonyl (C=O) groups is 1. The van der Waals surface area contributed by atoms with E-state index in [0.29, 0.717) is 12.4 Å². The van der Waals surface area contributed by atoms with Crippen molar-refractivity contribution in [2.75, 3.05) is 25.1 Å². The van der Waals surface area contributed by atoms with E-state index in [0.717, 1.165) is 22.9 Å². The molecule has 1 heterocycles. The number of pyridine rings is 1. The Kier molecular flexibility index (Phi) is 4.40. The first-order valence-corrected chi connectivity index (χ1v) is 6.55. The lowest BCUT2D eigenvalue weighted by molar-refractivity contribution is -0.135. The second kappa shape index (κ2) is 6.23. The van der Waals surface area contributed by atoms with Crippen molar-refractivity contribution in [1.29, 1.82) is 0 Å². The topological polar surface area (TPSA) is 62.7 Å². The molecule has 0 amide bonds. The molecule has 5 nitrogen and oxygen atoms in total. The van der Waals surface area contributed by atoms with Crippen LogP contribution in [0.5, 0.6) is 5.75 Å². The molecule has 0 bridgehead atoms. The number of carboxylic acid groups (broad SMARTS) is 1. The summed E-state index contributed by atoms with van der Waals surface area (Å²) in [4.78, 5) is 17.2. The largest absolute Gasteiger partial charge is 0.496 e. The summed E-state index contributed by atoms with van der Waals surface area (Å²) in [5.41, 5.74) is 0. The first-order chi connectivity index (χ1) is 9.67. The van der Waals surface area contributed by atoms with Gasteiger partial charge < -0.3 is 14.7 Å². The van der Waals surface area contributed by atoms with Crippen LogP contribution in [0.15, 0.2) is 30.5 Å². The highest BCUT2D eigenvalue weighted by atomic mass is 16.5. The van der Waals surface area contributed by atoms with E-state index >= 15 is 0 Å². The van der Waals surface area contributed by atoms with Gasteiger partial charge in [0.05, 0.1) is 7.11 Å². The Morgan fingerprint density at radius 2 is 2.15 bits per heavy atom. The van der Waals surface area contributed by atoms with Crippen LogP contribution in [0, 0.1) is 0 Å². The fourth-order valence-electron chi connectivity index (χ4n) is 2.29. The van der Waals surface area contributed by atoms with E-state index in [-0.39, 0.29) is 6.54 Å². The highest BCUT2D eigenvalue weighted by Gasteiger charge is 2.15. The highest BCUT2D eigenvalue weighted by molar-refractivity contribution is 5.96. The van der Waals surface area contributed by atoms with Crippen molar-refractivity contribution in [2.45, 2.75) is 13.3 Å². The number of fused-ring (bicyclic) bond motifs is 1. The minimum atomic E-state index is -0.861. The van der Waals surface area contributed by atoms with Gasteiger partial charge in [-0.25, -0.2) is 4.98 Å². The number of benzene rings is 1. The molecule has 1 N–H and O–H groups in total. The Balaban J connectivity index is 2.54. The zero-order valence-electron chi connectivity index (χ0n) is 11.7. The molecule has 0 aliphatic carbocycles. The van der Waals surface area contributed by atoms with Crippen LogP contribution in [0.4, 0.5) is 5.82 Å². The van der Waals surface area contributed by atoms with E-state index < -0.39 is 5.97 Å². The summed E-state index contributed by atoms with van der Waals surface area (Å²) < 4.78 is 5.34. The summed E-state index contributed by atoms with van der Waals surface area (Å²) in [5.74, 6) is 0.587. The van der Waals surface area contributed by atoms with E-state index in [9.17, 15) is 4.79 Å². The summed E-state index contributed by atoms with van der Waals surface area (Å²) in [6.07, 6.45) is 2.54. The number of hydrogen-bond acceptors (Lipinski definition) is 4. The molecule has 0 unspecified atom stereocenters. The van der Waals surface area contributed by atoms with Crippen LogP contribution >= 0.6 is 0 Å². The number of ether oxygens (including phenoxy) is 1. The van der Waals surface area contributed by atoms with E-state index in [1.54, 1.807) is 18.2 Å². The van der Waals surface area contributed by atoms with Crippen molar-refractivity contribution in [3.63, 3.8) is 0 Å². The Morgan fingerprint density at radius 1 is 1.35 bits per heavy atom. The van der Waals surface area contributed by atoms with Crippen LogP contribution in [0.3, 0.4) is 0 Å². The van der Waals surface area contributed by atoms with Crippen molar-refractivity contribution in [1.82, 2.24) is 4.98 Å². The summed E-state index contributed by atoms with van der Waals surface area (Å²) in [6, 6.07) is 7.58. The maximum atomic E-state index is 11.0. The van der Waals surface area contributed by atoms with Crippen LogP contribution in [-0.2, 0) is 4.79 Å². The van der Waals surface area contributed by atoms with Gasteiger partial charge in [-0.1, -0.05) is 19.1 Å². The standard InChI is InChI=1S/C15H18N2O3/c1-3-9-17(10-14(18)19)15-12-5-4-6-13(20-2)11(12)7-8-16-15/h4-8H,3,9-10H2,1-2H3,(H,18,19). The summed E-state index contributed by atoms with van der Waals surface area (Å²) in [7, 11) is 1.62. The number of carboxylic acids is 1. The molecule has 0 aliphatic rings. The SMILES string of the molecule is CCCN(CC(=O)O)c1nccc2c(OC)cccc12. The average molecular weight is 274 g/mol. The molecule has 2 rings (SSSR count). The average Bonchev–Trinajstić information content (AvgIpc) is 2.45. The molecular formula is C15H18N2O3. The molecule has 0 atom stereocenters. The summed E-state index contributed by atoms with van der Waals surface area (Å²) >= 11 is 0. The summed E-state index contributed by atoms with van der Waals surface area (Å²) in [6.45, 7) is 2.60. The van der Waals surface area contributed by atoms with Gasteiger partial charge in [-0.2, -0.15) is 0 Å². The van der Waals surface area contributed by atoms with Crippen LogP contribution in [0.1, 0.15) is 13.3 Å². The molecular weight excluding hydrogens is 256 g/mol. The molecule has 2 aromatic rings. The van der Waals surface area contributed by atoms with Crippen molar-refractivity contribution in [3.05, 3.63) is 30.5 Å². The molecule has 106 valence electrons. The number of aromatic nitrogens is 1. The van der Waals surface area contributed by atoms with Gasteiger partial charge >= 0.3 is 5.97 Å². The molecule has 0 saturated heterocycles. The van der Waals surface area contributed by atoms with Crippen LogP contribution in [-0.4, -0.2) is 36.3 Å². The number of rotatable bonds is 6. The molecule has 0 radical (unpaired) electrons. The molecule has 0 spiro atoms. The molecule has 1 aromatic heterocycles. The van der Waals surface area contributed by atoms with Gasteiger partial charge in [0, 0.05) is 23.5 Å². The van der Waals surface area contributed by atoms with Crippen molar-refractivity contribution < 1.29 is 14.6 Å². The predicted octanol–water partition coefficient (Wildman–Crippen LogP) is 2.54. The van der Waals surface area contributed by atoms with E-state index in [4.69, 9.17) is 9.84 Å². The number of anilines is 1. The Morgan fingerprint density at radius 3 is 2.80 bits per heavy atom. The van der Waals surface area contributed by atoms with Gasteiger partial charge in [-0.3, -0.25) is 4.79 Å². The molecule has 20 heavy (non-hydrogen) atoms. The first kappa shape index (κ1) is 14.1. The van der Waals surface area contributed by atoms with Gasteiger partial charge in [0.25, 0.3) is 0 Å². The fraction of sp³-hybridized carbons (Fsp3) is 0.333. The lowest BCUT2D eigenvalue weighted by atomic mass is 10.1. The zero-order valence-corrected chi connectivity index (χ0v) is 11.7. The van der Waals surface area contributed by atoms with Crippen LogP contribution in [0.25, 0.3) is 10.8 Å². The third kappa shape index (κ3) is 2.82. The molecule has 1 aromatic carbocycles. The predicted molar refractivity (Wildman–Crippen MR) is 78.4 cm³/mol. The van der Waals surface area contributed by atoms with Gasteiger partial charge in [-0.15, -0.1) is 0 Å². The second-order valence-electron chi connectivity index (χ2n) is 4.51. The fourth-order valence-corrected chi connectivity index (χ4v) is 2.29. The van der Waals surface area contributed by atoms with Crippen molar-refractivity contribution in [2.24, 2.45) is 0 Å². The zero-order chi connectivity index (χ0) is 14.5. The van der Waals surface area contributed by atoms with Crippen LogP contribution in [0.2, 0.25) is 0 Å². The number of aliphatic carboxylic acids is 1. The van der Waals surface area contributed by atoms with Gasteiger partial charge in [0.1, 0.15) is 18.1 Å². The van der Waals surface area contributed by atoms with E-state index in [2.05, 4.69) is 4.98 Å². The first-order valence-electron chi connectivity index (χ1n) is 6.55. The number of hydrogen-bond donors (Lipinski definition) is 1. The molecule has 0 aliphatic heterocycles. The Bertz CT molecular complexity index is 613. The highest BCUT2D eigenvalue weighted by Crippen LogP contribution is 2.30. The molecule has 0 saturated carbocycles. The Labute approximate surface area is 117 Å². The van der Waals surface area contributed by atoms with E-state index in [1.807, 2.05) is 31.2 Å². The Hall–Kier alpha value is -2.30. The van der Waals surface area contributed by atoms with Gasteiger partial charge in [0.15, 0.2) is 0 Å². The van der Waals surface area contributed by atoms with Crippen LogP contribution < -0.4 is 9.64 Å². The van der Waals surface area contributed by atoms with Gasteiger partial charge in [0.2, 0.25) is 0 Å². The number of nitrogens with zero attached hydrogens (tertiary/aromatic N) is 2. The maximum absolute atomic E-state index is 11.0. The molecule has 5 heteroatoms. The quantitative estimate of drug-likeness (QED) is 0.877. The van der Waals surface area contributed by atoms with Crippen molar-refractivity contribution in [3.8, 4) is 5.75 Å². The van der Waals surface area contributed by atoms with Gasteiger partial charge in [-0.05, 0) is 18.6 Å². The third-order valence-corrected chi connectivity index (χ3v) is 3.08. The van der Waals surface area contributed by atoms with E-state index in [1.165, 1.54) is 0 Å². The minimum Gasteiger partial charge on any atom is -0.496 e. The normalized spacial score (nSPS) is 10.5.